The molecule has 0 aliphatic rings. The Morgan fingerprint density at radius 3 is 2.34 bits per heavy atom. The van der Waals surface area contributed by atoms with E-state index in [-0.39, 0.29) is 30.0 Å². The molecule has 0 aliphatic heterocycles. The fourth-order valence-electron chi connectivity index (χ4n) is 4.39. The molecular formula is C30H25ClN2O4S. The van der Waals surface area contributed by atoms with Gasteiger partial charge in [-0.2, -0.15) is 0 Å². The summed E-state index contributed by atoms with van der Waals surface area (Å²) in [5.74, 6) is 0.927. The van der Waals surface area contributed by atoms with Crippen LogP contribution in [0, 0.1) is 0 Å². The Morgan fingerprint density at radius 1 is 0.974 bits per heavy atom. The molecular weight excluding hydrogens is 520 g/mol. The van der Waals surface area contributed by atoms with Gasteiger partial charge >= 0.3 is 0 Å². The summed E-state index contributed by atoms with van der Waals surface area (Å²) in [5.41, 5.74) is 3.81. The van der Waals surface area contributed by atoms with Gasteiger partial charge in [0.2, 0.25) is 5.43 Å². The van der Waals surface area contributed by atoms with E-state index in [9.17, 15) is 9.59 Å². The van der Waals surface area contributed by atoms with Crippen molar-refractivity contribution in [2.45, 2.75) is 6.92 Å². The quantitative estimate of drug-likeness (QED) is 0.302. The third-order valence-corrected chi connectivity index (χ3v) is 7.59. The lowest BCUT2D eigenvalue weighted by atomic mass is 10.1. The molecule has 0 atom stereocenters. The highest BCUT2D eigenvalue weighted by Gasteiger charge is 2.18. The Bertz CT molecular complexity index is 1850. The number of rotatable bonds is 7. The molecule has 0 aliphatic carbocycles. The Balaban J connectivity index is 1.36. The van der Waals surface area contributed by atoms with Crippen LogP contribution < -0.4 is 29.7 Å². The normalized spacial score (nSPS) is 12.0. The summed E-state index contributed by atoms with van der Waals surface area (Å²) in [4.78, 5) is 28.2. The van der Waals surface area contributed by atoms with E-state index in [4.69, 9.17) is 21.1 Å². The van der Waals surface area contributed by atoms with Crippen LogP contribution in [0.25, 0.3) is 34.3 Å². The lowest BCUT2D eigenvalue weighted by Crippen LogP contribution is -2.22. The van der Waals surface area contributed by atoms with E-state index >= 15 is 0 Å². The number of benzene rings is 3. The lowest BCUT2D eigenvalue weighted by Gasteiger charge is -2.18. The molecule has 0 saturated heterocycles. The van der Waals surface area contributed by atoms with Gasteiger partial charge in [-0.3, -0.25) is 9.59 Å². The standard InChI is InChI=1S/C30H25ClN2O4S/c1-18(29-30(35)32-19(2)38-29)20-10-14-23(15-11-20)36-16-17-37-28-26(21-8-12-22(31)13-9-21)33(3)25-7-5-4-6-24(25)27(28)34/h4-15H,2,16-17H2,1,3H3,(H,32,35)/b29-18+. The molecule has 1 N–H and O–H groups in total. The number of hydrogen-bond acceptors (Lipinski definition) is 5. The molecule has 8 heteroatoms. The molecule has 5 rings (SSSR count). The van der Waals surface area contributed by atoms with E-state index in [1.54, 1.807) is 18.2 Å². The number of aryl methyl sites for hydroxylation is 1. The lowest BCUT2D eigenvalue weighted by molar-refractivity contribution is 0.216. The molecule has 0 radical (unpaired) electrons. The molecule has 0 unspecified atom stereocenters. The zero-order valence-corrected chi connectivity index (χ0v) is 22.5. The number of nitrogens with zero attached hydrogens (tertiary/aromatic N) is 1. The molecule has 3 aromatic carbocycles. The zero-order valence-electron chi connectivity index (χ0n) is 20.9. The van der Waals surface area contributed by atoms with Crippen LogP contribution in [0.2, 0.25) is 5.02 Å². The Labute approximate surface area is 227 Å². The Morgan fingerprint density at radius 2 is 1.66 bits per heavy atom. The van der Waals surface area contributed by atoms with Gasteiger partial charge in [-0.05, 0) is 54.5 Å². The smallest absolute Gasteiger partial charge is 0.266 e. The van der Waals surface area contributed by atoms with Gasteiger partial charge in [0.05, 0.1) is 20.4 Å². The van der Waals surface area contributed by atoms with E-state index in [1.807, 2.05) is 73.1 Å². The number of nitrogens with one attached hydrogen (secondary N) is 1. The van der Waals surface area contributed by atoms with E-state index in [2.05, 4.69) is 11.6 Å². The second-order valence-corrected chi connectivity index (χ2v) is 10.3. The van der Waals surface area contributed by atoms with Gasteiger partial charge < -0.3 is 19.0 Å². The van der Waals surface area contributed by atoms with Gasteiger partial charge in [-0.25, -0.2) is 0 Å². The highest BCUT2D eigenvalue weighted by Crippen LogP contribution is 2.31. The predicted molar refractivity (Wildman–Crippen MR) is 155 cm³/mol. The van der Waals surface area contributed by atoms with Gasteiger partial charge in [0, 0.05) is 23.0 Å². The SMILES string of the molecule is C=c1[nH]c(=O)/c(=C(/C)c2ccc(OCCOc3c(-c4ccc(Cl)cc4)n(C)c4ccccc4c3=O)cc2)s1. The molecule has 2 heterocycles. The second kappa shape index (κ2) is 10.7. The van der Waals surface area contributed by atoms with Crippen molar-refractivity contribution >= 4 is 46.0 Å². The summed E-state index contributed by atoms with van der Waals surface area (Å²) in [7, 11) is 1.91. The number of aromatic amines is 1. The van der Waals surface area contributed by atoms with Crippen LogP contribution in [0.15, 0.2) is 82.4 Å². The first-order chi connectivity index (χ1) is 18.3. The summed E-state index contributed by atoms with van der Waals surface area (Å²) in [6.45, 7) is 6.13. The first-order valence-electron chi connectivity index (χ1n) is 12.0. The number of hydrogen-bond donors (Lipinski definition) is 1. The second-order valence-electron chi connectivity index (χ2n) is 8.74. The van der Waals surface area contributed by atoms with Crippen LogP contribution in [-0.2, 0) is 7.05 Å². The van der Waals surface area contributed by atoms with Gasteiger partial charge in [0.1, 0.15) is 19.0 Å². The molecule has 0 saturated carbocycles. The fourth-order valence-corrected chi connectivity index (χ4v) is 5.32. The highest BCUT2D eigenvalue weighted by atomic mass is 35.5. The average Bonchev–Trinajstić information content (AvgIpc) is 3.27. The summed E-state index contributed by atoms with van der Waals surface area (Å²) in [5, 5.41) is 1.20. The van der Waals surface area contributed by atoms with Crippen molar-refractivity contribution in [1.29, 1.82) is 0 Å². The fraction of sp³-hybridized carbons (Fsp3) is 0.133. The summed E-state index contributed by atoms with van der Waals surface area (Å²) in [6, 6.07) is 22.3. The zero-order chi connectivity index (χ0) is 26.8. The molecule has 0 amide bonds. The van der Waals surface area contributed by atoms with Crippen molar-refractivity contribution in [3.05, 3.63) is 113 Å². The van der Waals surface area contributed by atoms with E-state index < -0.39 is 0 Å². The Hall–Kier alpha value is -4.07. The number of para-hydroxylation sites is 1. The number of thiazole rings is 1. The minimum atomic E-state index is -0.173. The molecule has 0 spiro atoms. The van der Waals surface area contributed by atoms with Crippen LogP contribution in [0.4, 0.5) is 0 Å². The predicted octanol–water partition coefficient (Wildman–Crippen LogP) is 4.70. The van der Waals surface area contributed by atoms with E-state index in [0.29, 0.717) is 31.0 Å². The van der Waals surface area contributed by atoms with Crippen LogP contribution in [0.5, 0.6) is 11.5 Å². The molecule has 0 bridgehead atoms. The molecule has 0 fully saturated rings. The minimum Gasteiger partial charge on any atom is -0.490 e. The first kappa shape index (κ1) is 25.6. The number of ether oxygens (including phenoxy) is 2. The summed E-state index contributed by atoms with van der Waals surface area (Å²) in [6.07, 6.45) is 0. The third kappa shape index (κ3) is 5.03. The first-order valence-corrected chi connectivity index (χ1v) is 13.2. The van der Waals surface area contributed by atoms with Crippen molar-refractivity contribution in [2.24, 2.45) is 7.05 Å². The average molecular weight is 545 g/mol. The third-order valence-electron chi connectivity index (χ3n) is 6.30. The van der Waals surface area contributed by atoms with Crippen molar-refractivity contribution < 1.29 is 9.47 Å². The van der Waals surface area contributed by atoms with Gasteiger partial charge in [0.25, 0.3) is 5.56 Å². The van der Waals surface area contributed by atoms with E-state index in [0.717, 1.165) is 22.2 Å². The molecule has 6 nitrogen and oxygen atoms in total. The van der Waals surface area contributed by atoms with Crippen molar-refractivity contribution in [3.8, 4) is 22.8 Å². The molecule has 5 aromatic rings. The Kier molecular flexibility index (Phi) is 7.22. The minimum absolute atomic E-state index is 0.132. The van der Waals surface area contributed by atoms with Crippen molar-refractivity contribution in [3.63, 3.8) is 0 Å². The highest BCUT2D eigenvalue weighted by molar-refractivity contribution is 7.07. The number of fused-ring (bicyclic) bond motifs is 1. The van der Waals surface area contributed by atoms with Crippen LogP contribution in [-0.4, -0.2) is 22.8 Å². The van der Waals surface area contributed by atoms with Crippen LogP contribution in [0.3, 0.4) is 0 Å². The number of halogens is 1. The summed E-state index contributed by atoms with van der Waals surface area (Å²) >= 11 is 7.44. The van der Waals surface area contributed by atoms with Gasteiger partial charge in [-0.15, -0.1) is 11.3 Å². The maximum Gasteiger partial charge on any atom is 0.266 e. The van der Waals surface area contributed by atoms with Crippen LogP contribution in [0.1, 0.15) is 12.5 Å². The van der Waals surface area contributed by atoms with Crippen LogP contribution >= 0.6 is 22.9 Å². The summed E-state index contributed by atoms with van der Waals surface area (Å²) < 4.78 is 15.2. The number of pyridine rings is 1. The number of H-pyrrole nitrogens is 1. The van der Waals surface area contributed by atoms with Crippen molar-refractivity contribution in [1.82, 2.24) is 9.55 Å². The molecule has 2 aromatic heterocycles. The topological polar surface area (TPSA) is 73.3 Å². The largest absolute Gasteiger partial charge is 0.490 e. The molecule has 192 valence electrons. The maximum absolute atomic E-state index is 13.4. The molecule has 38 heavy (non-hydrogen) atoms. The maximum atomic E-state index is 13.4. The monoisotopic (exact) mass is 544 g/mol. The van der Waals surface area contributed by atoms with Crippen molar-refractivity contribution in [2.75, 3.05) is 13.2 Å². The van der Waals surface area contributed by atoms with Gasteiger partial charge in [0.15, 0.2) is 5.75 Å². The van der Waals surface area contributed by atoms with E-state index in [1.165, 1.54) is 11.3 Å². The number of aromatic nitrogens is 2. The van der Waals surface area contributed by atoms with Gasteiger partial charge in [-0.1, -0.05) is 54.6 Å².